The van der Waals surface area contributed by atoms with E-state index in [1.807, 2.05) is 6.92 Å². The Morgan fingerprint density at radius 2 is 1.95 bits per heavy atom. The number of nitrogens with one attached hydrogen (secondary N) is 1. The van der Waals surface area contributed by atoms with Crippen LogP contribution in [-0.2, 0) is 11.3 Å². The van der Waals surface area contributed by atoms with Crippen molar-refractivity contribution in [1.82, 2.24) is 10.2 Å². The first-order valence-corrected chi connectivity index (χ1v) is 7.30. The molecule has 0 fully saturated rings. The summed E-state index contributed by atoms with van der Waals surface area (Å²) in [5.41, 5.74) is 2.57. The van der Waals surface area contributed by atoms with Gasteiger partial charge in [0.25, 0.3) is 0 Å². The van der Waals surface area contributed by atoms with Crippen molar-refractivity contribution in [2.75, 3.05) is 33.4 Å². The molecule has 4 heteroatoms. The molecule has 112 valence electrons. The molecule has 0 aliphatic rings. The highest BCUT2D eigenvalue weighted by molar-refractivity contribution is 5.79. The van der Waals surface area contributed by atoms with Crippen LogP contribution < -0.4 is 5.32 Å². The summed E-state index contributed by atoms with van der Waals surface area (Å²) in [7, 11) is 2.06. The van der Waals surface area contributed by atoms with Crippen LogP contribution in [-0.4, -0.2) is 44.2 Å². The van der Waals surface area contributed by atoms with Gasteiger partial charge in [0.1, 0.15) is 0 Å². The van der Waals surface area contributed by atoms with Crippen molar-refractivity contribution < 1.29 is 4.74 Å². The molecule has 0 amide bonds. The molecule has 1 N–H and O–H groups in total. The smallest absolute Gasteiger partial charge is 0.194 e. The Labute approximate surface area is 122 Å². The molecule has 1 aromatic rings. The Balaban J connectivity index is 2.58. The lowest BCUT2D eigenvalue weighted by atomic mass is 10.1. The van der Waals surface area contributed by atoms with Crippen LogP contribution >= 0.6 is 0 Å². The minimum Gasteiger partial charge on any atom is -0.380 e. The van der Waals surface area contributed by atoms with Gasteiger partial charge in [-0.2, -0.15) is 0 Å². The molecule has 0 spiro atoms. The summed E-state index contributed by atoms with van der Waals surface area (Å²) in [4.78, 5) is 6.71. The van der Waals surface area contributed by atoms with E-state index >= 15 is 0 Å². The van der Waals surface area contributed by atoms with Crippen LogP contribution in [0, 0.1) is 6.92 Å². The number of aryl methyl sites for hydroxylation is 1. The maximum Gasteiger partial charge on any atom is 0.194 e. The highest BCUT2D eigenvalue weighted by Gasteiger charge is 2.06. The van der Waals surface area contributed by atoms with E-state index in [1.165, 1.54) is 11.1 Å². The molecule has 20 heavy (non-hydrogen) atoms. The molecular weight excluding hydrogens is 250 g/mol. The molecule has 0 radical (unpaired) electrons. The first kappa shape index (κ1) is 16.5. The number of rotatable bonds is 7. The topological polar surface area (TPSA) is 36.9 Å². The van der Waals surface area contributed by atoms with Gasteiger partial charge in [-0.25, -0.2) is 0 Å². The minimum absolute atomic E-state index is 0.670. The highest BCUT2D eigenvalue weighted by Crippen LogP contribution is 2.06. The van der Waals surface area contributed by atoms with Gasteiger partial charge in [0.05, 0.1) is 13.2 Å². The average Bonchev–Trinajstić information content (AvgIpc) is 2.44. The number of guanidine groups is 1. The zero-order valence-corrected chi connectivity index (χ0v) is 13.1. The normalized spacial score (nSPS) is 11.5. The average molecular weight is 277 g/mol. The summed E-state index contributed by atoms with van der Waals surface area (Å²) in [6.45, 7) is 10.00. The first-order valence-electron chi connectivity index (χ1n) is 7.30. The van der Waals surface area contributed by atoms with Gasteiger partial charge in [0.15, 0.2) is 5.96 Å². The van der Waals surface area contributed by atoms with Crippen molar-refractivity contribution in [3.63, 3.8) is 0 Å². The van der Waals surface area contributed by atoms with E-state index in [0.29, 0.717) is 13.2 Å². The zero-order valence-electron chi connectivity index (χ0n) is 13.1. The van der Waals surface area contributed by atoms with Gasteiger partial charge in [-0.1, -0.05) is 29.8 Å². The lowest BCUT2D eigenvalue weighted by Crippen LogP contribution is -2.38. The van der Waals surface area contributed by atoms with E-state index in [4.69, 9.17) is 4.74 Å². The predicted molar refractivity (Wildman–Crippen MR) is 85.1 cm³/mol. The molecular formula is C16H27N3O. The summed E-state index contributed by atoms with van der Waals surface area (Å²) in [5.74, 6) is 0.924. The minimum atomic E-state index is 0.670. The van der Waals surface area contributed by atoms with E-state index < -0.39 is 0 Å². The molecule has 4 nitrogen and oxygen atoms in total. The van der Waals surface area contributed by atoms with Crippen molar-refractivity contribution in [2.45, 2.75) is 27.3 Å². The Bertz CT molecular complexity index is 401. The van der Waals surface area contributed by atoms with Gasteiger partial charge in [0.2, 0.25) is 0 Å². The fraction of sp³-hybridized carbons (Fsp3) is 0.562. The maximum absolute atomic E-state index is 5.32. The van der Waals surface area contributed by atoms with Gasteiger partial charge in [-0.3, -0.25) is 4.99 Å². The molecule has 0 atom stereocenters. The van der Waals surface area contributed by atoms with Crippen molar-refractivity contribution in [3.8, 4) is 0 Å². The van der Waals surface area contributed by atoms with E-state index in [1.54, 1.807) is 0 Å². The van der Waals surface area contributed by atoms with Gasteiger partial charge >= 0.3 is 0 Å². The Morgan fingerprint density at radius 3 is 2.55 bits per heavy atom. The van der Waals surface area contributed by atoms with E-state index in [2.05, 4.69) is 60.4 Å². The molecule has 0 aromatic heterocycles. The van der Waals surface area contributed by atoms with Crippen LogP contribution in [0.2, 0.25) is 0 Å². The van der Waals surface area contributed by atoms with Crippen molar-refractivity contribution >= 4 is 5.96 Å². The molecule has 0 saturated heterocycles. The van der Waals surface area contributed by atoms with Crippen LogP contribution in [0.25, 0.3) is 0 Å². The number of nitrogens with zero attached hydrogens (tertiary/aromatic N) is 2. The van der Waals surface area contributed by atoms with Gasteiger partial charge in [0, 0.05) is 26.7 Å². The van der Waals surface area contributed by atoms with E-state index in [9.17, 15) is 0 Å². The summed E-state index contributed by atoms with van der Waals surface area (Å²) in [6.07, 6.45) is 0. The highest BCUT2D eigenvalue weighted by atomic mass is 16.5. The largest absolute Gasteiger partial charge is 0.380 e. The second-order valence-electron chi connectivity index (χ2n) is 4.77. The summed E-state index contributed by atoms with van der Waals surface area (Å²) >= 11 is 0. The fourth-order valence-electron chi connectivity index (χ4n) is 1.87. The number of aliphatic imine (C=N–C) groups is 1. The molecule has 1 aromatic carbocycles. The molecule has 0 unspecified atom stereocenters. The Hall–Kier alpha value is -1.55. The first-order chi connectivity index (χ1) is 9.67. The van der Waals surface area contributed by atoms with Crippen molar-refractivity contribution in [2.24, 2.45) is 4.99 Å². The van der Waals surface area contributed by atoms with Crippen LogP contribution in [0.15, 0.2) is 29.3 Å². The molecule has 0 aliphatic heterocycles. The SMILES string of the molecule is CCNC(=NCCOCC)N(C)Cc1ccc(C)cc1. The Morgan fingerprint density at radius 1 is 1.25 bits per heavy atom. The molecule has 0 aliphatic carbocycles. The molecule has 1 rings (SSSR count). The maximum atomic E-state index is 5.32. The van der Waals surface area contributed by atoms with E-state index in [0.717, 1.165) is 25.7 Å². The second kappa shape index (κ2) is 9.37. The molecule has 0 saturated carbocycles. The lowest BCUT2D eigenvalue weighted by molar-refractivity contribution is 0.155. The third kappa shape index (κ3) is 6.06. The fourth-order valence-corrected chi connectivity index (χ4v) is 1.87. The summed E-state index contributed by atoms with van der Waals surface area (Å²) < 4.78 is 5.32. The summed E-state index contributed by atoms with van der Waals surface area (Å²) in [5, 5.41) is 3.31. The van der Waals surface area contributed by atoms with Gasteiger partial charge in [-0.15, -0.1) is 0 Å². The van der Waals surface area contributed by atoms with Crippen molar-refractivity contribution in [1.29, 1.82) is 0 Å². The molecule has 0 bridgehead atoms. The molecule has 0 heterocycles. The third-order valence-corrected chi connectivity index (χ3v) is 2.94. The van der Waals surface area contributed by atoms with Crippen LogP contribution in [0.5, 0.6) is 0 Å². The lowest BCUT2D eigenvalue weighted by Gasteiger charge is -2.22. The predicted octanol–water partition coefficient (Wildman–Crippen LogP) is 2.43. The van der Waals surface area contributed by atoms with Gasteiger partial charge < -0.3 is 15.0 Å². The van der Waals surface area contributed by atoms with Crippen LogP contribution in [0.3, 0.4) is 0 Å². The second-order valence-corrected chi connectivity index (χ2v) is 4.77. The number of ether oxygens (including phenoxy) is 1. The quantitative estimate of drug-likeness (QED) is 0.472. The van der Waals surface area contributed by atoms with E-state index in [-0.39, 0.29) is 0 Å². The zero-order chi connectivity index (χ0) is 14.8. The van der Waals surface area contributed by atoms with Gasteiger partial charge in [-0.05, 0) is 26.3 Å². The number of hydrogen-bond acceptors (Lipinski definition) is 2. The number of benzene rings is 1. The standard InChI is InChI=1S/C16H27N3O/c1-5-17-16(18-11-12-20-6-2)19(4)13-15-9-7-14(3)8-10-15/h7-10H,5-6,11-13H2,1-4H3,(H,17,18). The third-order valence-electron chi connectivity index (χ3n) is 2.94. The summed E-state index contributed by atoms with van der Waals surface area (Å²) in [6, 6.07) is 8.61. The van der Waals surface area contributed by atoms with Crippen LogP contribution in [0.1, 0.15) is 25.0 Å². The number of hydrogen-bond donors (Lipinski definition) is 1. The monoisotopic (exact) mass is 277 g/mol. The van der Waals surface area contributed by atoms with Crippen LogP contribution in [0.4, 0.5) is 0 Å². The van der Waals surface area contributed by atoms with Crippen molar-refractivity contribution in [3.05, 3.63) is 35.4 Å². The Kier molecular flexibility index (Phi) is 7.73.